The zero-order valence-corrected chi connectivity index (χ0v) is 15.1. The van der Waals surface area contributed by atoms with Gasteiger partial charge in [0.05, 0.1) is 17.8 Å². The van der Waals surface area contributed by atoms with E-state index in [2.05, 4.69) is 42.4 Å². The second-order valence-corrected chi connectivity index (χ2v) is 6.03. The largest absolute Gasteiger partial charge is 0.506 e. The summed E-state index contributed by atoms with van der Waals surface area (Å²) in [6.45, 7) is 0. The summed E-state index contributed by atoms with van der Waals surface area (Å²) in [5.41, 5.74) is 3.08. The second-order valence-electron chi connectivity index (χ2n) is 4.39. The average Bonchev–Trinajstić information content (AvgIpc) is 2.57. The van der Waals surface area contributed by atoms with E-state index in [1.54, 1.807) is 31.4 Å². The molecule has 2 aromatic rings. The van der Waals surface area contributed by atoms with Crippen LogP contribution in [-0.4, -0.2) is 29.4 Å². The molecule has 0 saturated carbocycles. The Morgan fingerprint density at radius 3 is 2.48 bits per heavy atom. The van der Waals surface area contributed by atoms with Crippen molar-refractivity contribution in [1.29, 1.82) is 0 Å². The summed E-state index contributed by atoms with van der Waals surface area (Å²) in [7, 11) is 1.54. The Kier molecular flexibility index (Phi) is 5.62. The molecule has 120 valence electrons. The lowest BCUT2D eigenvalue weighted by molar-refractivity contribution is 0.0955. The van der Waals surface area contributed by atoms with Crippen LogP contribution in [0.5, 0.6) is 17.2 Å². The van der Waals surface area contributed by atoms with E-state index in [0.717, 1.165) is 0 Å². The third kappa shape index (κ3) is 4.02. The molecular weight excluding hydrogens is 432 g/mol. The summed E-state index contributed by atoms with van der Waals surface area (Å²) >= 11 is 6.21. The molecule has 8 heteroatoms. The Hall–Kier alpha value is -2.06. The second kappa shape index (κ2) is 7.47. The van der Waals surface area contributed by atoms with Gasteiger partial charge in [0.25, 0.3) is 5.91 Å². The fourth-order valence-corrected chi connectivity index (χ4v) is 2.84. The van der Waals surface area contributed by atoms with Crippen molar-refractivity contribution in [2.24, 2.45) is 5.10 Å². The molecule has 0 unspecified atom stereocenters. The van der Waals surface area contributed by atoms with Gasteiger partial charge in [0.1, 0.15) is 21.7 Å². The maximum absolute atomic E-state index is 11.9. The number of nitrogens with one attached hydrogen (secondary N) is 1. The standard InChI is InChI=1S/C15H12Br2N2O4/c1-23-10-4-2-8(3-5-10)15(22)19-18-7-9-6-11(16)14(21)12(17)13(9)20/h2-7,20-21H,1H3,(H,19,22)/b18-7-. The predicted octanol–water partition coefficient (Wildman–Crippen LogP) is 3.40. The maximum atomic E-state index is 11.9. The minimum absolute atomic E-state index is 0.123. The predicted molar refractivity (Wildman–Crippen MR) is 93.2 cm³/mol. The molecule has 1 amide bonds. The summed E-state index contributed by atoms with van der Waals surface area (Å²) in [5.74, 6) is -0.0656. The normalized spacial score (nSPS) is 10.7. The van der Waals surface area contributed by atoms with E-state index >= 15 is 0 Å². The van der Waals surface area contributed by atoms with E-state index in [-0.39, 0.29) is 16.0 Å². The zero-order valence-electron chi connectivity index (χ0n) is 11.9. The molecule has 23 heavy (non-hydrogen) atoms. The minimum atomic E-state index is -0.402. The van der Waals surface area contributed by atoms with Gasteiger partial charge in [-0.3, -0.25) is 4.79 Å². The van der Waals surface area contributed by atoms with Crippen LogP contribution in [0.3, 0.4) is 0 Å². The van der Waals surface area contributed by atoms with Crippen molar-refractivity contribution in [1.82, 2.24) is 5.43 Å². The molecular formula is C15H12Br2N2O4. The molecule has 2 rings (SSSR count). The van der Waals surface area contributed by atoms with Crippen LogP contribution >= 0.6 is 31.9 Å². The number of hydrazone groups is 1. The number of nitrogens with zero attached hydrogens (tertiary/aromatic N) is 1. The molecule has 0 fully saturated rings. The van der Waals surface area contributed by atoms with Crippen LogP contribution in [0.4, 0.5) is 0 Å². The van der Waals surface area contributed by atoms with Crippen LogP contribution in [-0.2, 0) is 0 Å². The van der Waals surface area contributed by atoms with Gasteiger partial charge in [0.2, 0.25) is 0 Å². The summed E-state index contributed by atoms with van der Waals surface area (Å²) in [6.07, 6.45) is 1.27. The first-order chi connectivity index (χ1) is 10.9. The number of ether oxygens (including phenoxy) is 1. The zero-order chi connectivity index (χ0) is 17.0. The lowest BCUT2D eigenvalue weighted by atomic mass is 10.2. The number of hydrogen-bond acceptors (Lipinski definition) is 5. The molecule has 6 nitrogen and oxygen atoms in total. The van der Waals surface area contributed by atoms with Gasteiger partial charge in [-0.05, 0) is 62.2 Å². The van der Waals surface area contributed by atoms with Crippen molar-refractivity contribution in [2.45, 2.75) is 0 Å². The summed E-state index contributed by atoms with van der Waals surface area (Å²) < 4.78 is 5.53. The van der Waals surface area contributed by atoms with Gasteiger partial charge in [-0.25, -0.2) is 5.43 Å². The summed E-state index contributed by atoms with van der Waals surface area (Å²) in [5, 5.41) is 23.3. The van der Waals surface area contributed by atoms with E-state index in [1.807, 2.05) is 0 Å². The van der Waals surface area contributed by atoms with Crippen LogP contribution in [0.25, 0.3) is 0 Å². The Bertz CT molecular complexity index is 761. The summed E-state index contributed by atoms with van der Waals surface area (Å²) in [4.78, 5) is 11.9. The van der Waals surface area contributed by atoms with Crippen molar-refractivity contribution in [2.75, 3.05) is 7.11 Å². The molecule has 3 N–H and O–H groups in total. The van der Waals surface area contributed by atoms with Crippen molar-refractivity contribution in [3.63, 3.8) is 0 Å². The molecule has 0 heterocycles. The number of carbonyl (C=O) groups excluding carboxylic acids is 1. The third-order valence-electron chi connectivity index (χ3n) is 2.92. The number of phenols is 2. The first-order valence-electron chi connectivity index (χ1n) is 6.31. The average molecular weight is 444 g/mol. The number of aromatic hydroxyl groups is 2. The number of amides is 1. The SMILES string of the molecule is COc1ccc(C(=O)N/N=C\c2cc(Br)c(O)c(Br)c2O)cc1. The third-order valence-corrected chi connectivity index (χ3v) is 4.28. The number of benzene rings is 2. The molecule has 0 aromatic heterocycles. The van der Waals surface area contributed by atoms with Crippen molar-refractivity contribution >= 4 is 44.0 Å². The monoisotopic (exact) mass is 442 g/mol. The molecule has 0 radical (unpaired) electrons. The smallest absolute Gasteiger partial charge is 0.271 e. The lowest BCUT2D eigenvalue weighted by Gasteiger charge is -2.06. The van der Waals surface area contributed by atoms with Gasteiger partial charge < -0.3 is 14.9 Å². The van der Waals surface area contributed by atoms with Gasteiger partial charge in [-0.2, -0.15) is 5.10 Å². The maximum Gasteiger partial charge on any atom is 0.271 e. The Labute approximate surface area is 149 Å². The number of methoxy groups -OCH3 is 1. The van der Waals surface area contributed by atoms with Crippen LogP contribution in [0.1, 0.15) is 15.9 Å². The Morgan fingerprint density at radius 1 is 1.22 bits per heavy atom. The number of carbonyl (C=O) groups is 1. The van der Waals surface area contributed by atoms with Gasteiger partial charge in [-0.15, -0.1) is 0 Å². The number of rotatable bonds is 4. The van der Waals surface area contributed by atoms with Crippen molar-refractivity contribution in [3.8, 4) is 17.2 Å². The fraction of sp³-hybridized carbons (Fsp3) is 0.0667. The van der Waals surface area contributed by atoms with E-state index in [4.69, 9.17) is 4.74 Å². The van der Waals surface area contributed by atoms with Gasteiger partial charge >= 0.3 is 0 Å². The van der Waals surface area contributed by atoms with Gasteiger partial charge in [0, 0.05) is 11.1 Å². The van der Waals surface area contributed by atoms with Crippen LogP contribution < -0.4 is 10.2 Å². The molecule has 2 aromatic carbocycles. The summed E-state index contributed by atoms with van der Waals surface area (Å²) in [6, 6.07) is 8.01. The highest BCUT2D eigenvalue weighted by atomic mass is 79.9. The Balaban J connectivity index is 2.11. The van der Waals surface area contributed by atoms with Gasteiger partial charge in [-0.1, -0.05) is 0 Å². The fourth-order valence-electron chi connectivity index (χ4n) is 1.68. The van der Waals surface area contributed by atoms with E-state index in [9.17, 15) is 15.0 Å². The van der Waals surface area contributed by atoms with E-state index in [1.165, 1.54) is 12.3 Å². The van der Waals surface area contributed by atoms with Crippen LogP contribution in [0, 0.1) is 0 Å². The number of halogens is 2. The van der Waals surface area contributed by atoms with E-state index < -0.39 is 5.91 Å². The first kappa shape index (κ1) is 17.3. The molecule has 0 spiro atoms. The first-order valence-corrected chi connectivity index (χ1v) is 7.90. The van der Waals surface area contributed by atoms with Crippen molar-refractivity contribution in [3.05, 3.63) is 50.4 Å². The highest BCUT2D eigenvalue weighted by Crippen LogP contribution is 2.40. The minimum Gasteiger partial charge on any atom is -0.506 e. The van der Waals surface area contributed by atoms with Crippen LogP contribution in [0.15, 0.2) is 44.4 Å². The molecule has 0 aliphatic rings. The number of phenolic OH excluding ortho intramolecular Hbond substituents is 2. The quantitative estimate of drug-likeness (QED) is 0.498. The van der Waals surface area contributed by atoms with E-state index in [0.29, 0.717) is 21.3 Å². The highest BCUT2D eigenvalue weighted by molar-refractivity contribution is 9.11. The lowest BCUT2D eigenvalue weighted by Crippen LogP contribution is -2.17. The molecule has 0 atom stereocenters. The molecule has 0 aliphatic carbocycles. The molecule has 0 aliphatic heterocycles. The van der Waals surface area contributed by atoms with Crippen molar-refractivity contribution < 1.29 is 19.7 Å². The number of hydrogen-bond donors (Lipinski definition) is 3. The van der Waals surface area contributed by atoms with Crippen LogP contribution in [0.2, 0.25) is 0 Å². The topological polar surface area (TPSA) is 91.2 Å². The molecule has 0 saturated heterocycles. The van der Waals surface area contributed by atoms with Gasteiger partial charge in [0.15, 0.2) is 0 Å². The Morgan fingerprint density at radius 2 is 1.87 bits per heavy atom. The molecule has 0 bridgehead atoms. The highest BCUT2D eigenvalue weighted by Gasteiger charge is 2.13.